The molecule has 0 aromatic heterocycles. The molecule has 3 aromatic rings. The average molecular weight is 579 g/mol. The Bertz CT molecular complexity index is 1220. The summed E-state index contributed by atoms with van der Waals surface area (Å²) in [5.74, 6) is -0.701. The second-order valence-electron chi connectivity index (χ2n) is 7.15. The summed E-state index contributed by atoms with van der Waals surface area (Å²) in [7, 11) is 0. The van der Waals surface area contributed by atoms with Crippen LogP contribution in [0.2, 0.25) is 10.0 Å². The molecule has 182 valence electrons. The van der Waals surface area contributed by atoms with E-state index in [-0.39, 0.29) is 13.2 Å². The van der Waals surface area contributed by atoms with E-state index in [0.717, 1.165) is 11.1 Å². The van der Waals surface area contributed by atoms with Gasteiger partial charge in [-0.3, -0.25) is 9.59 Å². The van der Waals surface area contributed by atoms with Crippen molar-refractivity contribution in [2.24, 2.45) is 5.10 Å². The molecule has 0 saturated carbocycles. The lowest BCUT2D eigenvalue weighted by molar-refractivity contribution is -0.139. The first-order valence-corrected chi connectivity index (χ1v) is 12.1. The minimum Gasteiger partial charge on any atom is -0.490 e. The standard InChI is InChI=1S/C25H22BrCl2N3O4/c1-2-34-22-11-17(10-20(26)23(22)35-15-18-8-9-19(27)12-21(18)28)14-30-31-25(33)24(32)29-13-16-6-4-3-5-7-16/h3-12,14H,2,13,15H2,1H3,(H,29,32)(H,31,33). The number of carbonyl (C=O) groups excluding carboxylic acids is 2. The molecule has 0 atom stereocenters. The summed E-state index contributed by atoms with van der Waals surface area (Å²) in [6.07, 6.45) is 1.40. The Morgan fingerprint density at radius 3 is 2.51 bits per heavy atom. The van der Waals surface area contributed by atoms with E-state index in [2.05, 4.69) is 31.8 Å². The van der Waals surface area contributed by atoms with E-state index in [1.54, 1.807) is 30.3 Å². The molecule has 3 rings (SSSR count). The van der Waals surface area contributed by atoms with Crippen molar-refractivity contribution in [3.63, 3.8) is 0 Å². The molecule has 7 nitrogen and oxygen atoms in total. The largest absolute Gasteiger partial charge is 0.490 e. The topological polar surface area (TPSA) is 89.0 Å². The minimum atomic E-state index is -0.874. The third-order valence-corrected chi connectivity index (χ3v) is 5.78. The van der Waals surface area contributed by atoms with Crippen LogP contribution in [0.25, 0.3) is 0 Å². The monoisotopic (exact) mass is 577 g/mol. The first-order chi connectivity index (χ1) is 16.9. The summed E-state index contributed by atoms with van der Waals surface area (Å²) >= 11 is 15.7. The van der Waals surface area contributed by atoms with Gasteiger partial charge >= 0.3 is 11.8 Å². The van der Waals surface area contributed by atoms with E-state index in [0.29, 0.717) is 38.2 Å². The Hall–Kier alpha value is -3.07. The molecule has 10 heteroatoms. The van der Waals surface area contributed by atoms with Crippen LogP contribution in [-0.2, 0) is 22.7 Å². The Labute approximate surface area is 221 Å². The molecule has 3 aromatic carbocycles. The maximum absolute atomic E-state index is 12.0. The summed E-state index contributed by atoms with van der Waals surface area (Å²) in [6.45, 7) is 2.70. The molecule has 0 fully saturated rings. The summed E-state index contributed by atoms with van der Waals surface area (Å²) in [5, 5.41) is 7.45. The van der Waals surface area contributed by atoms with Crippen LogP contribution >= 0.6 is 39.1 Å². The molecule has 0 saturated heterocycles. The summed E-state index contributed by atoms with van der Waals surface area (Å²) < 4.78 is 12.3. The molecule has 2 N–H and O–H groups in total. The highest BCUT2D eigenvalue weighted by molar-refractivity contribution is 9.10. The van der Waals surface area contributed by atoms with Gasteiger partial charge in [0.05, 0.1) is 17.3 Å². The van der Waals surface area contributed by atoms with Crippen LogP contribution in [-0.4, -0.2) is 24.6 Å². The van der Waals surface area contributed by atoms with Gasteiger partial charge in [0.25, 0.3) is 0 Å². The van der Waals surface area contributed by atoms with E-state index >= 15 is 0 Å². The number of amides is 2. The number of hydrogen-bond acceptors (Lipinski definition) is 5. The Morgan fingerprint density at radius 1 is 1.03 bits per heavy atom. The Morgan fingerprint density at radius 2 is 1.80 bits per heavy atom. The second kappa shape index (κ2) is 13.1. The van der Waals surface area contributed by atoms with Gasteiger partial charge in [-0.2, -0.15) is 5.10 Å². The van der Waals surface area contributed by atoms with Crippen LogP contribution in [0.3, 0.4) is 0 Å². The molecule has 0 aliphatic rings. The van der Waals surface area contributed by atoms with Gasteiger partial charge in [-0.1, -0.05) is 59.6 Å². The maximum atomic E-state index is 12.0. The smallest absolute Gasteiger partial charge is 0.329 e. The van der Waals surface area contributed by atoms with Gasteiger partial charge in [-0.15, -0.1) is 0 Å². The number of carbonyl (C=O) groups is 2. The molecule has 0 heterocycles. The van der Waals surface area contributed by atoms with E-state index in [1.165, 1.54) is 6.21 Å². The van der Waals surface area contributed by atoms with E-state index in [9.17, 15) is 9.59 Å². The van der Waals surface area contributed by atoms with Crippen molar-refractivity contribution in [1.29, 1.82) is 0 Å². The molecular formula is C25H22BrCl2N3O4. The lowest BCUT2D eigenvalue weighted by Gasteiger charge is -2.15. The normalized spacial score (nSPS) is 10.7. The van der Waals surface area contributed by atoms with Gasteiger partial charge in [0.2, 0.25) is 0 Å². The fourth-order valence-electron chi connectivity index (χ4n) is 2.93. The second-order valence-corrected chi connectivity index (χ2v) is 8.85. The van der Waals surface area contributed by atoms with Crippen LogP contribution < -0.4 is 20.2 Å². The number of hydrazone groups is 1. The fraction of sp³-hybridized carbons (Fsp3) is 0.160. The van der Waals surface area contributed by atoms with Gasteiger partial charge in [0.1, 0.15) is 6.61 Å². The quantitative estimate of drug-likeness (QED) is 0.199. The van der Waals surface area contributed by atoms with Crippen molar-refractivity contribution in [3.8, 4) is 11.5 Å². The van der Waals surface area contributed by atoms with Crippen LogP contribution in [0.15, 0.2) is 70.2 Å². The molecule has 0 unspecified atom stereocenters. The zero-order valence-electron chi connectivity index (χ0n) is 18.7. The maximum Gasteiger partial charge on any atom is 0.329 e. The number of nitrogens with zero attached hydrogens (tertiary/aromatic N) is 1. The van der Waals surface area contributed by atoms with Gasteiger partial charge in [0.15, 0.2) is 11.5 Å². The van der Waals surface area contributed by atoms with Gasteiger partial charge in [-0.05, 0) is 58.2 Å². The SMILES string of the molecule is CCOc1cc(C=NNC(=O)C(=O)NCc2ccccc2)cc(Br)c1OCc1ccc(Cl)cc1Cl. The summed E-state index contributed by atoms with van der Waals surface area (Å²) in [5.41, 5.74) is 4.48. The zero-order valence-corrected chi connectivity index (χ0v) is 21.8. The fourth-order valence-corrected chi connectivity index (χ4v) is 3.97. The molecule has 35 heavy (non-hydrogen) atoms. The Kier molecular flexibility index (Phi) is 9.96. The molecule has 2 amide bonds. The van der Waals surface area contributed by atoms with Crippen molar-refractivity contribution >= 4 is 57.2 Å². The van der Waals surface area contributed by atoms with Crippen LogP contribution in [0.5, 0.6) is 11.5 Å². The van der Waals surface area contributed by atoms with Gasteiger partial charge < -0.3 is 14.8 Å². The highest BCUT2D eigenvalue weighted by Gasteiger charge is 2.14. The van der Waals surface area contributed by atoms with Crippen LogP contribution in [0.4, 0.5) is 0 Å². The first kappa shape index (κ1) is 26.5. The first-order valence-electron chi connectivity index (χ1n) is 10.6. The molecule has 0 bridgehead atoms. The van der Waals surface area contributed by atoms with Crippen molar-refractivity contribution in [3.05, 3.63) is 91.9 Å². The molecular weight excluding hydrogens is 557 g/mol. The summed E-state index contributed by atoms with van der Waals surface area (Å²) in [6, 6.07) is 17.9. The van der Waals surface area contributed by atoms with Crippen LogP contribution in [0, 0.1) is 0 Å². The highest BCUT2D eigenvalue weighted by Crippen LogP contribution is 2.37. The molecule has 0 aliphatic heterocycles. The lowest BCUT2D eigenvalue weighted by Crippen LogP contribution is -2.37. The lowest BCUT2D eigenvalue weighted by atomic mass is 10.2. The zero-order chi connectivity index (χ0) is 25.2. The van der Waals surface area contributed by atoms with Crippen molar-refractivity contribution in [1.82, 2.24) is 10.7 Å². The third-order valence-electron chi connectivity index (χ3n) is 4.60. The number of ether oxygens (including phenoxy) is 2. The van der Waals surface area contributed by atoms with E-state index in [4.69, 9.17) is 32.7 Å². The number of benzene rings is 3. The van der Waals surface area contributed by atoms with Crippen molar-refractivity contribution < 1.29 is 19.1 Å². The average Bonchev–Trinajstić information content (AvgIpc) is 2.84. The Balaban J connectivity index is 1.62. The molecule has 0 spiro atoms. The van der Waals surface area contributed by atoms with E-state index in [1.807, 2.05) is 37.3 Å². The van der Waals surface area contributed by atoms with Crippen LogP contribution in [0.1, 0.15) is 23.6 Å². The van der Waals surface area contributed by atoms with Gasteiger partial charge in [0, 0.05) is 22.2 Å². The van der Waals surface area contributed by atoms with Crippen molar-refractivity contribution in [2.45, 2.75) is 20.1 Å². The highest BCUT2D eigenvalue weighted by atomic mass is 79.9. The third kappa shape index (κ3) is 7.99. The summed E-state index contributed by atoms with van der Waals surface area (Å²) in [4.78, 5) is 24.0. The predicted molar refractivity (Wildman–Crippen MR) is 140 cm³/mol. The number of halogens is 3. The number of nitrogens with one attached hydrogen (secondary N) is 2. The minimum absolute atomic E-state index is 0.205. The van der Waals surface area contributed by atoms with Gasteiger partial charge in [-0.25, -0.2) is 5.43 Å². The van der Waals surface area contributed by atoms with E-state index < -0.39 is 11.8 Å². The van der Waals surface area contributed by atoms with Crippen molar-refractivity contribution in [2.75, 3.05) is 6.61 Å². The molecule has 0 aliphatic carbocycles. The predicted octanol–water partition coefficient (Wildman–Crippen LogP) is 5.50. The number of rotatable bonds is 9. The number of hydrogen-bond donors (Lipinski definition) is 2. The molecule has 0 radical (unpaired) electrons.